The molecule has 0 aromatic carbocycles. The standard InChI is InChI=1S/C15H25NO/c1-7-9-12-10-13(15(4,5)6)14(17-8-2)16-11(12)3/h10H,7-9H2,1-6H3. The van der Waals surface area contributed by atoms with E-state index in [0.717, 1.165) is 24.4 Å². The van der Waals surface area contributed by atoms with Gasteiger partial charge in [-0.2, -0.15) is 0 Å². The highest BCUT2D eigenvalue weighted by atomic mass is 16.5. The average Bonchev–Trinajstić information content (AvgIpc) is 2.20. The van der Waals surface area contributed by atoms with E-state index in [-0.39, 0.29) is 5.41 Å². The maximum Gasteiger partial charge on any atom is 0.217 e. The van der Waals surface area contributed by atoms with Crippen molar-refractivity contribution in [3.05, 3.63) is 22.9 Å². The summed E-state index contributed by atoms with van der Waals surface area (Å²) in [7, 11) is 0. The van der Waals surface area contributed by atoms with Gasteiger partial charge in [0.15, 0.2) is 0 Å². The molecule has 0 fully saturated rings. The predicted molar refractivity (Wildman–Crippen MR) is 72.8 cm³/mol. The van der Waals surface area contributed by atoms with Crippen molar-refractivity contribution in [3.63, 3.8) is 0 Å². The molecule has 1 aromatic rings. The van der Waals surface area contributed by atoms with Crippen LogP contribution < -0.4 is 4.74 Å². The quantitative estimate of drug-likeness (QED) is 0.785. The van der Waals surface area contributed by atoms with Gasteiger partial charge in [0.1, 0.15) is 0 Å². The summed E-state index contributed by atoms with van der Waals surface area (Å²) in [4.78, 5) is 4.63. The number of nitrogens with zero attached hydrogens (tertiary/aromatic N) is 1. The lowest BCUT2D eigenvalue weighted by Gasteiger charge is -2.23. The second-order valence-electron chi connectivity index (χ2n) is 5.52. The lowest BCUT2D eigenvalue weighted by Crippen LogP contribution is -2.16. The zero-order valence-corrected chi connectivity index (χ0v) is 12.1. The Morgan fingerprint density at radius 2 is 1.88 bits per heavy atom. The third-order valence-electron chi connectivity index (χ3n) is 2.89. The van der Waals surface area contributed by atoms with E-state index in [4.69, 9.17) is 4.74 Å². The third-order valence-corrected chi connectivity index (χ3v) is 2.89. The maximum absolute atomic E-state index is 5.67. The molecule has 0 spiro atoms. The summed E-state index contributed by atoms with van der Waals surface area (Å²) in [6.45, 7) is 13.6. The molecule has 1 rings (SSSR count). The number of aromatic nitrogens is 1. The minimum Gasteiger partial charge on any atom is -0.478 e. The fourth-order valence-corrected chi connectivity index (χ4v) is 1.93. The van der Waals surface area contributed by atoms with Gasteiger partial charge in [-0.05, 0) is 37.3 Å². The summed E-state index contributed by atoms with van der Waals surface area (Å²) in [5.74, 6) is 0.803. The van der Waals surface area contributed by atoms with Crippen molar-refractivity contribution < 1.29 is 4.74 Å². The first kappa shape index (κ1) is 14.0. The van der Waals surface area contributed by atoms with E-state index in [1.54, 1.807) is 0 Å². The molecule has 0 aliphatic carbocycles. The van der Waals surface area contributed by atoms with Crippen LogP contribution >= 0.6 is 0 Å². The molecule has 17 heavy (non-hydrogen) atoms. The number of ether oxygens (including phenoxy) is 1. The van der Waals surface area contributed by atoms with E-state index in [0.29, 0.717) is 6.61 Å². The van der Waals surface area contributed by atoms with E-state index in [2.05, 4.69) is 45.7 Å². The number of rotatable bonds is 4. The highest BCUT2D eigenvalue weighted by molar-refractivity contribution is 5.38. The first-order valence-electron chi connectivity index (χ1n) is 6.54. The molecule has 0 bridgehead atoms. The minimum atomic E-state index is 0.0771. The summed E-state index contributed by atoms with van der Waals surface area (Å²) in [6, 6.07) is 2.27. The topological polar surface area (TPSA) is 22.1 Å². The van der Waals surface area contributed by atoms with E-state index in [1.807, 2.05) is 6.92 Å². The van der Waals surface area contributed by atoms with Crippen molar-refractivity contribution in [2.24, 2.45) is 0 Å². The van der Waals surface area contributed by atoms with Gasteiger partial charge in [0.05, 0.1) is 6.61 Å². The molecule has 0 unspecified atom stereocenters. The van der Waals surface area contributed by atoms with Gasteiger partial charge < -0.3 is 4.74 Å². The molecule has 1 aromatic heterocycles. The van der Waals surface area contributed by atoms with E-state index < -0.39 is 0 Å². The van der Waals surface area contributed by atoms with Crippen LogP contribution in [-0.4, -0.2) is 11.6 Å². The molecule has 0 aliphatic heterocycles. The molecule has 1 heterocycles. The second-order valence-corrected chi connectivity index (χ2v) is 5.52. The smallest absolute Gasteiger partial charge is 0.217 e. The zero-order chi connectivity index (χ0) is 13.1. The molecular formula is C15H25NO. The molecule has 0 N–H and O–H groups in total. The first-order valence-corrected chi connectivity index (χ1v) is 6.54. The van der Waals surface area contributed by atoms with Crippen molar-refractivity contribution >= 4 is 0 Å². The Bertz CT molecular complexity index is 377. The molecular weight excluding hydrogens is 210 g/mol. The monoisotopic (exact) mass is 235 g/mol. The largest absolute Gasteiger partial charge is 0.478 e. The van der Waals surface area contributed by atoms with E-state index in [9.17, 15) is 0 Å². The van der Waals surface area contributed by atoms with Crippen LogP contribution in [0.5, 0.6) is 5.88 Å². The number of aryl methyl sites for hydroxylation is 2. The molecule has 0 amide bonds. The van der Waals surface area contributed by atoms with E-state index >= 15 is 0 Å². The highest BCUT2D eigenvalue weighted by Crippen LogP contribution is 2.31. The molecule has 0 atom stereocenters. The van der Waals surface area contributed by atoms with Crippen molar-refractivity contribution in [2.75, 3.05) is 6.61 Å². The summed E-state index contributed by atoms with van der Waals surface area (Å²) < 4.78 is 5.67. The van der Waals surface area contributed by atoms with Crippen LogP contribution in [0.25, 0.3) is 0 Å². The van der Waals surface area contributed by atoms with Gasteiger partial charge in [0.2, 0.25) is 5.88 Å². The van der Waals surface area contributed by atoms with Gasteiger partial charge in [0.25, 0.3) is 0 Å². The number of hydrogen-bond acceptors (Lipinski definition) is 2. The number of hydrogen-bond donors (Lipinski definition) is 0. The van der Waals surface area contributed by atoms with Crippen molar-refractivity contribution in [3.8, 4) is 5.88 Å². The van der Waals surface area contributed by atoms with Crippen LogP contribution in [-0.2, 0) is 11.8 Å². The molecule has 2 nitrogen and oxygen atoms in total. The Morgan fingerprint density at radius 3 is 2.35 bits per heavy atom. The summed E-state index contributed by atoms with van der Waals surface area (Å²) in [5.41, 5.74) is 3.74. The van der Waals surface area contributed by atoms with Crippen molar-refractivity contribution in [1.29, 1.82) is 0 Å². The average molecular weight is 235 g/mol. The van der Waals surface area contributed by atoms with Gasteiger partial charge in [-0.15, -0.1) is 0 Å². The first-order chi connectivity index (χ1) is 7.90. The molecule has 0 saturated heterocycles. The van der Waals surface area contributed by atoms with E-state index in [1.165, 1.54) is 11.1 Å². The van der Waals surface area contributed by atoms with Crippen LogP contribution in [0.4, 0.5) is 0 Å². The molecule has 0 saturated carbocycles. The summed E-state index contributed by atoms with van der Waals surface area (Å²) in [6.07, 6.45) is 2.24. The normalized spacial score (nSPS) is 11.6. The maximum atomic E-state index is 5.67. The summed E-state index contributed by atoms with van der Waals surface area (Å²) >= 11 is 0. The molecule has 0 aliphatic rings. The molecule has 2 heteroatoms. The second kappa shape index (κ2) is 5.52. The Kier molecular flexibility index (Phi) is 4.55. The van der Waals surface area contributed by atoms with Gasteiger partial charge in [-0.25, -0.2) is 4.98 Å². The van der Waals surface area contributed by atoms with Gasteiger partial charge in [-0.1, -0.05) is 34.1 Å². The van der Waals surface area contributed by atoms with Gasteiger partial charge in [-0.3, -0.25) is 0 Å². The zero-order valence-electron chi connectivity index (χ0n) is 12.1. The molecule has 0 radical (unpaired) electrons. The third kappa shape index (κ3) is 3.45. The SMILES string of the molecule is CCCc1cc(C(C)(C)C)c(OCC)nc1C. The Morgan fingerprint density at radius 1 is 1.24 bits per heavy atom. The molecule has 96 valence electrons. The van der Waals surface area contributed by atoms with Crippen LogP contribution in [0.2, 0.25) is 0 Å². The van der Waals surface area contributed by atoms with Crippen LogP contribution in [0, 0.1) is 6.92 Å². The minimum absolute atomic E-state index is 0.0771. The Balaban J connectivity index is 3.26. The Hall–Kier alpha value is -1.05. The van der Waals surface area contributed by atoms with Gasteiger partial charge >= 0.3 is 0 Å². The number of pyridine rings is 1. The van der Waals surface area contributed by atoms with Gasteiger partial charge in [0, 0.05) is 11.3 Å². The van der Waals surface area contributed by atoms with Crippen LogP contribution in [0.1, 0.15) is 57.9 Å². The lowest BCUT2D eigenvalue weighted by atomic mass is 9.86. The van der Waals surface area contributed by atoms with Crippen molar-refractivity contribution in [1.82, 2.24) is 4.98 Å². The fraction of sp³-hybridized carbons (Fsp3) is 0.667. The van der Waals surface area contributed by atoms with Crippen molar-refractivity contribution in [2.45, 2.75) is 59.8 Å². The van der Waals surface area contributed by atoms with Crippen LogP contribution in [0.15, 0.2) is 6.07 Å². The Labute approximate surface area is 105 Å². The fourth-order valence-electron chi connectivity index (χ4n) is 1.93. The lowest BCUT2D eigenvalue weighted by molar-refractivity contribution is 0.315. The highest BCUT2D eigenvalue weighted by Gasteiger charge is 2.21. The predicted octanol–water partition coefficient (Wildman–Crippen LogP) is 4.04. The summed E-state index contributed by atoms with van der Waals surface area (Å²) in [5, 5.41) is 0. The van der Waals surface area contributed by atoms with Crippen LogP contribution in [0.3, 0.4) is 0 Å².